The van der Waals surface area contributed by atoms with Crippen LogP contribution in [0.15, 0.2) is 36.4 Å². The summed E-state index contributed by atoms with van der Waals surface area (Å²) < 4.78 is 21.3. The zero-order valence-corrected chi connectivity index (χ0v) is 14.2. The highest BCUT2D eigenvalue weighted by atomic mass is 16.5. The van der Waals surface area contributed by atoms with E-state index >= 15 is 0 Å². The van der Waals surface area contributed by atoms with Gasteiger partial charge in [0.1, 0.15) is 5.75 Å². The van der Waals surface area contributed by atoms with Gasteiger partial charge in [-0.25, -0.2) is 0 Å². The Morgan fingerprint density at radius 1 is 0.783 bits per heavy atom. The quantitative estimate of drug-likeness (QED) is 0.746. The maximum Gasteiger partial charge on any atom is 0.203 e. The zero-order chi connectivity index (χ0) is 16.8. The molecule has 122 valence electrons. The minimum atomic E-state index is 0.594. The van der Waals surface area contributed by atoms with Crippen LogP contribution in [0.2, 0.25) is 0 Å². The highest BCUT2D eigenvalue weighted by Gasteiger charge is 2.13. The number of hydrogen-bond acceptors (Lipinski definition) is 4. The molecular weight excluding hydrogens is 292 g/mol. The molecule has 0 fully saturated rings. The molecular formula is C19H22O4. The first-order chi connectivity index (χ1) is 11.1. The van der Waals surface area contributed by atoms with Gasteiger partial charge in [0.05, 0.1) is 28.4 Å². The van der Waals surface area contributed by atoms with E-state index in [1.54, 1.807) is 28.4 Å². The van der Waals surface area contributed by atoms with Gasteiger partial charge in [-0.05, 0) is 47.9 Å². The molecule has 0 unspecified atom stereocenters. The molecule has 2 aromatic carbocycles. The second kappa shape index (κ2) is 7.58. The molecule has 0 radical (unpaired) electrons. The van der Waals surface area contributed by atoms with E-state index in [-0.39, 0.29) is 0 Å². The van der Waals surface area contributed by atoms with E-state index in [0.29, 0.717) is 17.2 Å². The van der Waals surface area contributed by atoms with Gasteiger partial charge in [0, 0.05) is 0 Å². The Labute approximate surface area is 137 Å². The Morgan fingerprint density at radius 3 is 1.78 bits per heavy atom. The van der Waals surface area contributed by atoms with Crippen LogP contribution in [-0.4, -0.2) is 28.4 Å². The van der Waals surface area contributed by atoms with Gasteiger partial charge >= 0.3 is 0 Å². The van der Waals surface area contributed by atoms with Crippen LogP contribution in [0.4, 0.5) is 0 Å². The van der Waals surface area contributed by atoms with Gasteiger partial charge < -0.3 is 18.9 Å². The van der Waals surface area contributed by atoms with Gasteiger partial charge in [0.15, 0.2) is 11.5 Å². The molecule has 0 bridgehead atoms. The fourth-order valence-corrected chi connectivity index (χ4v) is 2.34. The Bertz CT molecular complexity index is 662. The third-order valence-electron chi connectivity index (χ3n) is 3.62. The predicted octanol–water partition coefficient (Wildman–Crippen LogP) is 4.28. The van der Waals surface area contributed by atoms with Crippen LogP contribution in [0.5, 0.6) is 23.0 Å². The first kappa shape index (κ1) is 16.7. The van der Waals surface area contributed by atoms with Gasteiger partial charge in [-0.15, -0.1) is 0 Å². The molecule has 0 spiro atoms. The minimum absolute atomic E-state index is 0.594. The third kappa shape index (κ3) is 3.77. The second-order valence-corrected chi connectivity index (χ2v) is 5.01. The van der Waals surface area contributed by atoms with Crippen LogP contribution in [0.3, 0.4) is 0 Å². The lowest BCUT2D eigenvalue weighted by Gasteiger charge is -2.14. The summed E-state index contributed by atoms with van der Waals surface area (Å²) in [5, 5.41) is 0. The van der Waals surface area contributed by atoms with Crippen molar-refractivity contribution in [2.45, 2.75) is 6.92 Å². The van der Waals surface area contributed by atoms with Crippen LogP contribution in [0.25, 0.3) is 11.6 Å². The van der Waals surface area contributed by atoms with Crippen LogP contribution in [0, 0.1) is 0 Å². The largest absolute Gasteiger partial charge is 0.497 e. The van der Waals surface area contributed by atoms with Crippen molar-refractivity contribution < 1.29 is 18.9 Å². The van der Waals surface area contributed by atoms with E-state index in [0.717, 1.165) is 22.4 Å². The number of allylic oxidation sites excluding steroid dienone is 1. The van der Waals surface area contributed by atoms with Gasteiger partial charge in [-0.3, -0.25) is 0 Å². The maximum atomic E-state index is 5.40. The molecule has 0 aliphatic heterocycles. The van der Waals surface area contributed by atoms with Crippen molar-refractivity contribution in [3.05, 3.63) is 47.5 Å². The van der Waals surface area contributed by atoms with Gasteiger partial charge in [-0.1, -0.05) is 18.2 Å². The van der Waals surface area contributed by atoms with E-state index in [1.165, 1.54) is 0 Å². The van der Waals surface area contributed by atoms with Crippen molar-refractivity contribution in [1.82, 2.24) is 0 Å². The number of ether oxygens (including phenoxy) is 4. The maximum absolute atomic E-state index is 5.40. The number of methoxy groups -OCH3 is 4. The smallest absolute Gasteiger partial charge is 0.203 e. The lowest BCUT2D eigenvalue weighted by Crippen LogP contribution is -1.96. The molecule has 4 heteroatoms. The van der Waals surface area contributed by atoms with Gasteiger partial charge in [0.2, 0.25) is 5.75 Å². The van der Waals surface area contributed by atoms with Crippen molar-refractivity contribution in [1.29, 1.82) is 0 Å². The number of benzene rings is 2. The molecule has 0 amide bonds. The molecule has 4 nitrogen and oxygen atoms in total. The monoisotopic (exact) mass is 314 g/mol. The average Bonchev–Trinajstić information content (AvgIpc) is 2.60. The minimum Gasteiger partial charge on any atom is -0.497 e. The molecule has 0 N–H and O–H groups in total. The molecule has 0 heterocycles. The van der Waals surface area contributed by atoms with E-state index in [9.17, 15) is 0 Å². The number of hydrogen-bond donors (Lipinski definition) is 0. The lowest BCUT2D eigenvalue weighted by atomic mass is 10.0. The molecule has 2 aromatic rings. The summed E-state index contributed by atoms with van der Waals surface area (Å²) >= 11 is 0. The first-order valence-corrected chi connectivity index (χ1v) is 7.25. The Balaban J connectivity index is 2.41. The van der Waals surface area contributed by atoms with Crippen LogP contribution in [0.1, 0.15) is 18.1 Å². The second-order valence-electron chi connectivity index (χ2n) is 5.01. The Morgan fingerprint density at radius 2 is 1.35 bits per heavy atom. The fraction of sp³-hybridized carbons (Fsp3) is 0.263. The molecule has 0 saturated heterocycles. The van der Waals surface area contributed by atoms with Crippen molar-refractivity contribution in [2.75, 3.05) is 28.4 Å². The molecule has 0 aliphatic rings. The summed E-state index contributed by atoms with van der Waals surface area (Å²) in [6, 6.07) is 11.8. The van der Waals surface area contributed by atoms with Gasteiger partial charge in [0.25, 0.3) is 0 Å². The van der Waals surface area contributed by atoms with Gasteiger partial charge in [-0.2, -0.15) is 0 Å². The highest BCUT2D eigenvalue weighted by Crippen LogP contribution is 2.40. The highest BCUT2D eigenvalue weighted by molar-refractivity contribution is 5.82. The van der Waals surface area contributed by atoms with Crippen molar-refractivity contribution in [3.8, 4) is 23.0 Å². The third-order valence-corrected chi connectivity index (χ3v) is 3.62. The molecule has 2 rings (SSSR count). The molecule has 0 atom stereocenters. The predicted molar refractivity (Wildman–Crippen MR) is 92.6 cm³/mol. The summed E-state index contributed by atoms with van der Waals surface area (Å²) in [5.41, 5.74) is 3.20. The van der Waals surface area contributed by atoms with E-state index in [1.807, 2.05) is 43.3 Å². The van der Waals surface area contributed by atoms with Crippen LogP contribution in [-0.2, 0) is 0 Å². The zero-order valence-electron chi connectivity index (χ0n) is 14.2. The van der Waals surface area contributed by atoms with E-state index in [4.69, 9.17) is 18.9 Å². The standard InChI is InChI=1S/C19H22O4/c1-13(10-14-6-8-16(20-2)9-7-14)15-11-17(21-3)19(23-5)18(12-15)22-4/h6-12H,1-5H3. The topological polar surface area (TPSA) is 36.9 Å². The van der Waals surface area contributed by atoms with Crippen molar-refractivity contribution in [2.24, 2.45) is 0 Å². The SMILES string of the molecule is COc1ccc(C=C(C)c2cc(OC)c(OC)c(OC)c2)cc1. The van der Waals surface area contributed by atoms with Crippen LogP contribution >= 0.6 is 0 Å². The molecule has 0 aliphatic carbocycles. The summed E-state index contributed by atoms with van der Waals surface area (Å²) in [5.74, 6) is 2.72. The Hall–Kier alpha value is -2.62. The average molecular weight is 314 g/mol. The first-order valence-electron chi connectivity index (χ1n) is 7.25. The number of rotatable bonds is 6. The normalized spacial score (nSPS) is 11.1. The van der Waals surface area contributed by atoms with E-state index < -0.39 is 0 Å². The van der Waals surface area contributed by atoms with Crippen molar-refractivity contribution >= 4 is 11.6 Å². The lowest BCUT2D eigenvalue weighted by molar-refractivity contribution is 0.324. The molecule has 0 aromatic heterocycles. The summed E-state index contributed by atoms with van der Waals surface area (Å²) in [4.78, 5) is 0. The van der Waals surface area contributed by atoms with E-state index in [2.05, 4.69) is 6.08 Å². The summed E-state index contributed by atoms with van der Waals surface area (Å²) in [7, 11) is 6.49. The van der Waals surface area contributed by atoms with Crippen LogP contribution < -0.4 is 18.9 Å². The Kier molecular flexibility index (Phi) is 5.52. The fourth-order valence-electron chi connectivity index (χ4n) is 2.34. The molecule has 0 saturated carbocycles. The van der Waals surface area contributed by atoms with Crippen molar-refractivity contribution in [3.63, 3.8) is 0 Å². The summed E-state index contributed by atoms with van der Waals surface area (Å²) in [6.45, 7) is 2.05. The molecule has 23 heavy (non-hydrogen) atoms. The summed E-state index contributed by atoms with van der Waals surface area (Å²) in [6.07, 6.45) is 2.10.